The average molecular weight is 820 g/mol. The number of ether oxygens (including phenoxy) is 5. The molecule has 3 N–H and O–H groups in total. The van der Waals surface area contributed by atoms with Crippen LogP contribution in [0.25, 0.3) is 0 Å². The Kier molecular flexibility index (Phi) is 12.5. The van der Waals surface area contributed by atoms with Crippen LogP contribution in [-0.4, -0.2) is 102 Å². The quantitative estimate of drug-likeness (QED) is 0.323. The minimum atomic E-state index is -0.833. The molecule has 1 aliphatic carbocycles. The van der Waals surface area contributed by atoms with E-state index in [9.17, 15) is 14.4 Å². The van der Waals surface area contributed by atoms with Crippen molar-refractivity contribution in [1.29, 1.82) is 0 Å². The van der Waals surface area contributed by atoms with E-state index in [0.29, 0.717) is 49.9 Å². The monoisotopic (exact) mass is 819 g/mol. The van der Waals surface area contributed by atoms with E-state index in [0.717, 1.165) is 65.4 Å². The largest absolute Gasteiger partial charge is 0.490 e. The molecule has 1 saturated carbocycles. The third-order valence-electron chi connectivity index (χ3n) is 10.5. The van der Waals surface area contributed by atoms with Crippen molar-refractivity contribution in [2.75, 3.05) is 36.1 Å². The number of nitrogens with one attached hydrogen (secondary N) is 2. The molecule has 17 nitrogen and oxygen atoms in total. The van der Waals surface area contributed by atoms with Crippen LogP contribution < -0.4 is 39.6 Å². The number of carboxylic acids is 1. The van der Waals surface area contributed by atoms with E-state index < -0.39 is 17.6 Å². The molecule has 1 saturated heterocycles. The molecule has 59 heavy (non-hydrogen) atoms. The summed E-state index contributed by atoms with van der Waals surface area (Å²) in [6, 6.07) is 7.26. The molecule has 0 radical (unpaired) electrons. The van der Waals surface area contributed by atoms with Crippen molar-refractivity contribution in [2.45, 2.75) is 130 Å². The second kappa shape index (κ2) is 17.2. The highest BCUT2D eigenvalue weighted by Gasteiger charge is 2.39. The van der Waals surface area contributed by atoms with Gasteiger partial charge in [0.15, 0.2) is 11.7 Å². The number of amidine groups is 2. The molecule has 0 aromatic heterocycles. The molecule has 320 valence electrons. The molecule has 8 rings (SSSR count). The average Bonchev–Trinajstić information content (AvgIpc) is 3.12. The number of benzene rings is 2. The second-order valence-corrected chi connectivity index (χ2v) is 17.0. The molecule has 0 bridgehead atoms. The zero-order chi connectivity index (χ0) is 42.9. The molecule has 0 spiro atoms. The van der Waals surface area contributed by atoms with E-state index in [2.05, 4.69) is 54.8 Å². The van der Waals surface area contributed by atoms with Crippen molar-refractivity contribution >= 4 is 46.9 Å². The van der Waals surface area contributed by atoms with Gasteiger partial charge in [-0.1, -0.05) is 27.7 Å². The van der Waals surface area contributed by atoms with E-state index in [1.807, 2.05) is 62.6 Å². The summed E-state index contributed by atoms with van der Waals surface area (Å²) in [5.74, 6) is 3.95. The molecule has 2 aromatic rings. The normalized spacial score (nSPS) is 20.6. The van der Waals surface area contributed by atoms with Gasteiger partial charge in [0, 0.05) is 30.2 Å². The Balaban J connectivity index is 0.000000187. The van der Waals surface area contributed by atoms with Gasteiger partial charge in [0.1, 0.15) is 60.0 Å². The first-order valence-corrected chi connectivity index (χ1v) is 20.2. The number of carbonyl (C=O) groups is 4. The smallest absolute Gasteiger partial charge is 0.410 e. The van der Waals surface area contributed by atoms with Crippen LogP contribution in [0.4, 0.5) is 16.2 Å². The van der Waals surface area contributed by atoms with Gasteiger partial charge in [-0.05, 0) is 77.8 Å². The van der Waals surface area contributed by atoms with Crippen LogP contribution in [0.5, 0.6) is 23.0 Å². The molecule has 17 heteroatoms. The van der Waals surface area contributed by atoms with Crippen molar-refractivity contribution in [3.63, 3.8) is 0 Å². The lowest BCUT2D eigenvalue weighted by Crippen LogP contribution is -2.57. The van der Waals surface area contributed by atoms with Gasteiger partial charge in [-0.25, -0.2) is 15.6 Å². The molecule has 5 heterocycles. The topological polar surface area (TPSA) is 193 Å². The molecule has 2 atom stereocenters. The fraction of sp³-hybridized carbons (Fsp3) is 0.571. The summed E-state index contributed by atoms with van der Waals surface area (Å²) in [4.78, 5) is 50.9. The number of nitrogens with zero attached hydrogens (tertiary/aromatic N) is 5. The lowest BCUT2D eigenvalue weighted by Gasteiger charge is -2.41. The van der Waals surface area contributed by atoms with Crippen molar-refractivity contribution in [3.8, 4) is 23.0 Å². The summed E-state index contributed by atoms with van der Waals surface area (Å²) < 4.78 is 29.7. The fourth-order valence-corrected chi connectivity index (χ4v) is 7.08. The van der Waals surface area contributed by atoms with E-state index in [-0.39, 0.29) is 36.0 Å². The number of carboxylic acid groups (broad SMARTS) is 1. The summed E-state index contributed by atoms with van der Waals surface area (Å²) >= 11 is 0. The minimum absolute atomic E-state index is 0.110. The Hall–Kier alpha value is -5.74. The van der Waals surface area contributed by atoms with Crippen molar-refractivity contribution in [3.05, 3.63) is 35.4 Å². The number of hydrogen-bond donors (Lipinski definition) is 3. The fourth-order valence-electron chi connectivity index (χ4n) is 7.08. The molecule has 6 aliphatic rings. The van der Waals surface area contributed by atoms with Crippen LogP contribution in [0.2, 0.25) is 0 Å². The first kappa shape index (κ1) is 42.9. The minimum Gasteiger partial charge on any atom is -0.490 e. The summed E-state index contributed by atoms with van der Waals surface area (Å²) in [6.07, 6.45) is 3.31. The molecule has 2 aromatic carbocycles. The highest BCUT2D eigenvalue weighted by Crippen LogP contribution is 2.44. The zero-order valence-corrected chi connectivity index (χ0v) is 35.6. The Morgan fingerprint density at radius 3 is 1.58 bits per heavy atom. The Morgan fingerprint density at radius 2 is 1.20 bits per heavy atom. The lowest BCUT2D eigenvalue weighted by molar-refractivity contribution is -0.134. The number of hydrogen-bond acceptors (Lipinski definition) is 13. The van der Waals surface area contributed by atoms with Gasteiger partial charge in [-0.2, -0.15) is 10.2 Å². The summed E-state index contributed by atoms with van der Waals surface area (Å²) in [7, 11) is 0. The maximum absolute atomic E-state index is 12.2. The maximum atomic E-state index is 12.2. The number of fused-ring (bicyclic) bond motifs is 6. The van der Waals surface area contributed by atoms with Crippen molar-refractivity contribution < 1.29 is 48.0 Å². The maximum Gasteiger partial charge on any atom is 0.410 e. The van der Waals surface area contributed by atoms with E-state index >= 15 is 0 Å². The van der Waals surface area contributed by atoms with E-state index in [1.165, 1.54) is 6.42 Å². The lowest BCUT2D eigenvalue weighted by atomic mass is 9.95. The van der Waals surface area contributed by atoms with Gasteiger partial charge in [0.2, 0.25) is 0 Å². The number of amides is 3. The molecule has 2 fully saturated rings. The zero-order valence-electron chi connectivity index (χ0n) is 35.6. The number of rotatable bonds is 6. The highest BCUT2D eigenvalue weighted by molar-refractivity contribution is 6.10. The Labute approximate surface area is 345 Å². The number of hydrazone groups is 2. The molecule has 2 unspecified atom stereocenters. The SMILES string of the molecule is CC(=O)O.CC(C)c1cc2c(cc1OC1CCC1)N1C(=NNC(=O)C1C)CO2.CC(C)c1cc2c(cc1OC1CN(C(=O)OC(C)(C)C)C1)N1C(=NNC(=O)C1C)CO2. The number of carbonyl (C=O) groups excluding carboxylic acids is 3. The van der Waals surface area contributed by atoms with Gasteiger partial charge in [0.05, 0.1) is 30.6 Å². The molecular formula is C42H57N7O10. The molecular weight excluding hydrogens is 763 g/mol. The highest BCUT2D eigenvalue weighted by atomic mass is 16.6. The first-order chi connectivity index (χ1) is 27.8. The van der Waals surface area contributed by atoms with Crippen LogP contribution in [0.3, 0.4) is 0 Å². The number of anilines is 2. The standard InChI is InChI=1S/C22H30N4O5.C18H23N3O3.C2H4O2/c1-12(2)15-7-18-16(26-13(3)20(27)24-23-19(26)11-29-18)8-17(15)30-14-9-25(10-14)21(28)31-22(4,5)6;1-10(2)13-7-16-14(8-15(13)24-12-5-4-6-12)21-11(3)18(22)20-19-17(21)9-23-16;1-2(3)4/h7-8,12-14H,9-11H2,1-6H3,(H,24,27);7-8,10-12H,4-6,9H2,1-3H3,(H,20,22);1H3,(H,3,4). The Morgan fingerprint density at radius 1 is 0.780 bits per heavy atom. The third kappa shape index (κ3) is 9.60. The van der Waals surface area contributed by atoms with Crippen LogP contribution in [0.15, 0.2) is 34.5 Å². The van der Waals surface area contributed by atoms with Crippen LogP contribution >= 0.6 is 0 Å². The first-order valence-electron chi connectivity index (χ1n) is 20.2. The number of aliphatic carboxylic acids is 1. The Bertz CT molecular complexity index is 2010. The van der Waals surface area contributed by atoms with Gasteiger partial charge >= 0.3 is 6.09 Å². The van der Waals surface area contributed by atoms with Gasteiger partial charge in [0.25, 0.3) is 17.8 Å². The second-order valence-electron chi connectivity index (χ2n) is 17.0. The molecule has 5 aliphatic heterocycles. The summed E-state index contributed by atoms with van der Waals surface area (Å²) in [6.45, 7) is 20.4. The van der Waals surface area contributed by atoms with Crippen LogP contribution in [0, 0.1) is 0 Å². The van der Waals surface area contributed by atoms with Crippen molar-refractivity contribution in [2.24, 2.45) is 10.2 Å². The number of likely N-dealkylation sites (tertiary alicyclic amines) is 1. The van der Waals surface area contributed by atoms with Crippen LogP contribution in [-0.2, 0) is 19.1 Å². The van der Waals surface area contributed by atoms with Crippen LogP contribution in [0.1, 0.15) is 111 Å². The third-order valence-corrected chi connectivity index (χ3v) is 10.5. The van der Waals surface area contributed by atoms with Gasteiger partial charge in [-0.15, -0.1) is 0 Å². The van der Waals surface area contributed by atoms with E-state index in [4.69, 9.17) is 33.6 Å². The summed E-state index contributed by atoms with van der Waals surface area (Å²) in [5.41, 5.74) is 8.35. The summed E-state index contributed by atoms with van der Waals surface area (Å²) in [5, 5.41) is 15.7. The predicted octanol–water partition coefficient (Wildman–Crippen LogP) is 5.70. The van der Waals surface area contributed by atoms with Gasteiger partial charge in [-0.3, -0.25) is 14.4 Å². The van der Waals surface area contributed by atoms with Crippen molar-refractivity contribution in [1.82, 2.24) is 15.8 Å². The molecule has 3 amide bonds. The van der Waals surface area contributed by atoms with E-state index in [1.54, 1.807) is 4.90 Å². The van der Waals surface area contributed by atoms with Gasteiger partial charge < -0.3 is 43.5 Å². The predicted molar refractivity (Wildman–Crippen MR) is 221 cm³/mol.